The first kappa shape index (κ1) is 23.4. The third-order valence-corrected chi connectivity index (χ3v) is 8.30. The van der Waals surface area contributed by atoms with E-state index in [2.05, 4.69) is 68.5 Å². The van der Waals surface area contributed by atoms with Gasteiger partial charge in [0.05, 0.1) is 0 Å². The molecule has 1 aromatic carbocycles. The Morgan fingerprint density at radius 2 is 1.88 bits per heavy atom. The molecule has 1 atom stereocenters. The van der Waals surface area contributed by atoms with Crippen molar-refractivity contribution in [1.29, 1.82) is 0 Å². The molecule has 3 heterocycles. The lowest BCUT2D eigenvalue weighted by atomic mass is 9.71. The highest BCUT2D eigenvalue weighted by atomic mass is 79.9. The summed E-state index contributed by atoms with van der Waals surface area (Å²) in [6.45, 7) is 8.98. The smallest absolute Gasteiger partial charge is 0.119 e. The third kappa shape index (κ3) is 4.36. The van der Waals surface area contributed by atoms with Crippen LogP contribution in [0.4, 0.5) is 0 Å². The van der Waals surface area contributed by atoms with Crippen molar-refractivity contribution in [1.82, 2.24) is 9.88 Å². The second-order valence-electron chi connectivity index (χ2n) is 8.43. The Balaban J connectivity index is 0.00000119. The van der Waals surface area contributed by atoms with Gasteiger partial charge in [-0.1, -0.05) is 44.2 Å². The first-order valence-corrected chi connectivity index (χ1v) is 13.1. The number of thiophene rings is 1. The van der Waals surface area contributed by atoms with Gasteiger partial charge >= 0.3 is 0 Å². The van der Waals surface area contributed by atoms with E-state index in [9.17, 15) is 5.11 Å². The zero-order valence-electron chi connectivity index (χ0n) is 19.0. The summed E-state index contributed by atoms with van der Waals surface area (Å²) >= 11 is 5.46. The lowest BCUT2D eigenvalue weighted by Crippen LogP contribution is -2.44. The monoisotopic (exact) mass is 510 g/mol. The van der Waals surface area contributed by atoms with Crippen molar-refractivity contribution in [3.63, 3.8) is 0 Å². The predicted octanol–water partition coefficient (Wildman–Crippen LogP) is 6.83. The fraction of sp³-hybridized carbons (Fsp3) is 0.370. The minimum absolute atomic E-state index is 0.186. The second kappa shape index (κ2) is 10.0. The number of benzene rings is 1. The zero-order chi connectivity index (χ0) is 22.7. The fourth-order valence-electron chi connectivity index (χ4n) is 5.02. The topological polar surface area (TPSA) is 36.4 Å². The van der Waals surface area contributed by atoms with Crippen molar-refractivity contribution in [3.05, 3.63) is 86.9 Å². The van der Waals surface area contributed by atoms with Crippen molar-refractivity contribution < 1.29 is 5.11 Å². The van der Waals surface area contributed by atoms with E-state index in [-0.39, 0.29) is 5.92 Å². The van der Waals surface area contributed by atoms with Crippen LogP contribution in [0.15, 0.2) is 54.2 Å². The molecular formula is C27H31BrN2OS. The molecule has 0 amide bonds. The summed E-state index contributed by atoms with van der Waals surface area (Å²) < 4.78 is 1.06. The van der Waals surface area contributed by atoms with Crippen molar-refractivity contribution >= 4 is 37.8 Å². The van der Waals surface area contributed by atoms with Gasteiger partial charge in [-0.05, 0) is 94.5 Å². The molecule has 32 heavy (non-hydrogen) atoms. The van der Waals surface area contributed by atoms with Gasteiger partial charge in [-0.15, -0.1) is 11.3 Å². The molecule has 1 N–H and O–H groups in total. The standard InChI is InChI=1S/C25H25BrN2OS.C2H6/c1-17-12-18(15-27-14-17)16-28-9-6-20(7-10-28)25(29)21-5-3-2-4-19(21)13-23(26)24-22(25)8-11-30-24;1-2/h2-5,8,11-15,20,29H,6-7,9-10,16H2,1H3;1-2H3. The number of pyridine rings is 1. The van der Waals surface area contributed by atoms with E-state index in [1.165, 1.54) is 11.1 Å². The van der Waals surface area contributed by atoms with Crippen molar-refractivity contribution in [2.45, 2.75) is 45.8 Å². The second-order valence-corrected chi connectivity index (χ2v) is 10.2. The van der Waals surface area contributed by atoms with Crippen molar-refractivity contribution in [2.24, 2.45) is 5.92 Å². The largest absolute Gasteiger partial charge is 0.380 e. The van der Waals surface area contributed by atoms with Gasteiger partial charge in [0.15, 0.2) is 0 Å². The summed E-state index contributed by atoms with van der Waals surface area (Å²) in [5, 5.41) is 14.4. The van der Waals surface area contributed by atoms with Gasteiger partial charge in [-0.2, -0.15) is 0 Å². The van der Waals surface area contributed by atoms with Crippen molar-refractivity contribution in [2.75, 3.05) is 13.1 Å². The van der Waals surface area contributed by atoms with E-state index in [1.54, 1.807) is 11.3 Å². The Kier molecular flexibility index (Phi) is 7.30. The highest BCUT2D eigenvalue weighted by molar-refractivity contribution is 9.15. The Labute approximate surface area is 204 Å². The summed E-state index contributed by atoms with van der Waals surface area (Å²) in [5.74, 6) is 0.186. The van der Waals surface area contributed by atoms with Gasteiger partial charge in [-0.25, -0.2) is 0 Å². The van der Waals surface area contributed by atoms with Crippen LogP contribution in [0.1, 0.15) is 59.4 Å². The van der Waals surface area contributed by atoms with Gasteiger partial charge < -0.3 is 5.11 Å². The zero-order valence-corrected chi connectivity index (χ0v) is 21.4. The average molecular weight is 512 g/mol. The molecule has 0 spiro atoms. The Morgan fingerprint density at radius 3 is 2.62 bits per heavy atom. The lowest BCUT2D eigenvalue weighted by Gasteiger charge is -2.42. The average Bonchev–Trinajstić information content (AvgIpc) is 3.29. The number of likely N-dealkylation sites (tertiary alicyclic amines) is 1. The highest BCUT2D eigenvalue weighted by Crippen LogP contribution is 2.50. The molecule has 3 nitrogen and oxygen atoms in total. The molecule has 1 aliphatic heterocycles. The number of aryl methyl sites for hydroxylation is 1. The maximum atomic E-state index is 12.3. The minimum atomic E-state index is -0.963. The Morgan fingerprint density at radius 1 is 1.12 bits per heavy atom. The molecule has 5 rings (SSSR count). The number of aromatic nitrogens is 1. The first-order chi connectivity index (χ1) is 15.6. The highest BCUT2D eigenvalue weighted by Gasteiger charge is 2.45. The van der Waals surface area contributed by atoms with E-state index in [0.717, 1.165) is 58.5 Å². The summed E-state index contributed by atoms with van der Waals surface area (Å²) in [7, 11) is 0. The van der Waals surface area contributed by atoms with Gasteiger partial charge in [0.25, 0.3) is 0 Å². The number of hydrogen-bond donors (Lipinski definition) is 1. The summed E-state index contributed by atoms with van der Waals surface area (Å²) in [6, 6.07) is 12.6. The third-order valence-electron chi connectivity index (χ3n) is 6.46. The molecule has 2 aliphatic rings. The van der Waals surface area contributed by atoms with Crippen LogP contribution < -0.4 is 0 Å². The van der Waals surface area contributed by atoms with Gasteiger partial charge in [-0.3, -0.25) is 9.88 Å². The molecule has 1 saturated heterocycles. The van der Waals surface area contributed by atoms with Crippen LogP contribution in [-0.2, 0) is 12.1 Å². The molecule has 3 aromatic rings. The first-order valence-electron chi connectivity index (χ1n) is 11.5. The number of nitrogens with zero attached hydrogens (tertiary/aromatic N) is 2. The van der Waals surface area contributed by atoms with Crippen LogP contribution in [0.2, 0.25) is 0 Å². The summed E-state index contributed by atoms with van der Waals surface area (Å²) in [4.78, 5) is 7.96. The summed E-state index contributed by atoms with van der Waals surface area (Å²) in [5.41, 5.74) is 4.68. The van der Waals surface area contributed by atoms with E-state index in [1.807, 2.05) is 38.4 Å². The number of hydrogen-bond acceptors (Lipinski definition) is 4. The maximum absolute atomic E-state index is 12.3. The molecule has 1 fully saturated rings. The van der Waals surface area contributed by atoms with E-state index in [0.29, 0.717) is 0 Å². The molecule has 0 saturated carbocycles. The quantitative estimate of drug-likeness (QED) is 0.419. The van der Waals surface area contributed by atoms with Crippen LogP contribution in [-0.4, -0.2) is 28.1 Å². The van der Waals surface area contributed by atoms with Gasteiger partial charge in [0.2, 0.25) is 0 Å². The predicted molar refractivity (Wildman–Crippen MR) is 139 cm³/mol. The Bertz CT molecular complexity index is 1100. The molecular weight excluding hydrogens is 480 g/mol. The molecule has 0 bridgehead atoms. The SMILES string of the molecule is CC.Cc1cncc(CN2CCC(C3(O)c4ccccc4C=C(Br)c4sccc43)CC2)c1. The molecule has 1 unspecified atom stereocenters. The summed E-state index contributed by atoms with van der Waals surface area (Å²) in [6.07, 6.45) is 7.96. The maximum Gasteiger partial charge on any atom is 0.119 e. The number of halogens is 1. The van der Waals surface area contributed by atoms with Crippen LogP contribution in [0.25, 0.3) is 10.6 Å². The number of fused-ring (bicyclic) bond motifs is 2. The number of rotatable bonds is 3. The molecule has 2 aromatic heterocycles. The van der Waals surface area contributed by atoms with Crippen molar-refractivity contribution in [3.8, 4) is 0 Å². The van der Waals surface area contributed by atoms with Crippen LogP contribution in [0, 0.1) is 12.8 Å². The number of piperidine rings is 1. The molecule has 168 valence electrons. The van der Waals surface area contributed by atoms with Crippen LogP contribution in [0.5, 0.6) is 0 Å². The normalized spacial score (nSPS) is 21.0. The lowest BCUT2D eigenvalue weighted by molar-refractivity contribution is -0.0150. The van der Waals surface area contributed by atoms with E-state index >= 15 is 0 Å². The van der Waals surface area contributed by atoms with E-state index < -0.39 is 5.60 Å². The van der Waals surface area contributed by atoms with Crippen LogP contribution >= 0.6 is 27.3 Å². The van der Waals surface area contributed by atoms with Crippen LogP contribution in [0.3, 0.4) is 0 Å². The molecule has 0 radical (unpaired) electrons. The fourth-order valence-corrected chi connectivity index (χ4v) is 6.63. The van der Waals surface area contributed by atoms with E-state index in [4.69, 9.17) is 0 Å². The number of aliphatic hydroxyl groups is 1. The van der Waals surface area contributed by atoms with Gasteiger partial charge in [0, 0.05) is 33.9 Å². The molecule has 5 heteroatoms. The molecule has 1 aliphatic carbocycles. The van der Waals surface area contributed by atoms with Gasteiger partial charge in [0.1, 0.15) is 5.60 Å². The minimum Gasteiger partial charge on any atom is -0.380 e. The Hall–Kier alpha value is -1.79.